The molecule has 0 aliphatic heterocycles. The molecule has 0 radical (unpaired) electrons. The molecular formula is C23H29ClN2O5. The monoisotopic (exact) mass is 448 g/mol. The Kier molecular flexibility index (Phi) is 9.94. The van der Waals surface area contributed by atoms with Crippen molar-refractivity contribution in [1.82, 2.24) is 5.32 Å². The van der Waals surface area contributed by atoms with Gasteiger partial charge >= 0.3 is 0 Å². The second-order valence-electron chi connectivity index (χ2n) is 7.24. The fraction of sp³-hybridized carbons (Fsp3) is 0.391. The van der Waals surface area contributed by atoms with Gasteiger partial charge in [-0.15, -0.1) is 0 Å². The Labute approximate surface area is 187 Å². The second kappa shape index (κ2) is 12.4. The van der Waals surface area contributed by atoms with Gasteiger partial charge in [-0.3, -0.25) is 9.59 Å². The van der Waals surface area contributed by atoms with Crippen LogP contribution in [0.2, 0.25) is 5.02 Å². The van der Waals surface area contributed by atoms with Gasteiger partial charge in [0.1, 0.15) is 5.75 Å². The molecule has 0 unspecified atom stereocenters. The van der Waals surface area contributed by atoms with Crippen molar-refractivity contribution >= 4 is 23.3 Å². The van der Waals surface area contributed by atoms with E-state index in [4.69, 9.17) is 31.5 Å². The minimum absolute atomic E-state index is 0.117. The van der Waals surface area contributed by atoms with Crippen molar-refractivity contribution in [3.05, 3.63) is 64.7 Å². The van der Waals surface area contributed by atoms with Crippen LogP contribution in [0, 0.1) is 0 Å². The molecule has 3 N–H and O–H groups in total. The van der Waals surface area contributed by atoms with E-state index in [1.54, 1.807) is 62.4 Å². The summed E-state index contributed by atoms with van der Waals surface area (Å²) >= 11 is 5.86. The predicted molar refractivity (Wildman–Crippen MR) is 120 cm³/mol. The van der Waals surface area contributed by atoms with Gasteiger partial charge in [-0.2, -0.15) is 0 Å². The Bertz CT molecular complexity index is 838. The van der Waals surface area contributed by atoms with Gasteiger partial charge in [0.05, 0.1) is 26.4 Å². The molecule has 0 saturated heterocycles. The number of amides is 1. The fourth-order valence-corrected chi connectivity index (χ4v) is 2.76. The number of ether oxygens (including phenoxy) is 3. The van der Waals surface area contributed by atoms with E-state index in [0.29, 0.717) is 61.4 Å². The van der Waals surface area contributed by atoms with Gasteiger partial charge < -0.3 is 25.3 Å². The highest BCUT2D eigenvalue weighted by Gasteiger charge is 2.29. The van der Waals surface area contributed by atoms with Crippen LogP contribution in [0.15, 0.2) is 48.5 Å². The van der Waals surface area contributed by atoms with Crippen LogP contribution in [0.4, 0.5) is 0 Å². The number of nitrogens with two attached hydrogens (primary N) is 1. The Morgan fingerprint density at radius 3 is 2.03 bits per heavy atom. The topological polar surface area (TPSA) is 99.9 Å². The SMILES string of the molecule is CC(C)(Oc1ccc(C(=O)c2ccc(Cl)cc2)cc1)C(=O)NCCOCCOCCN. The number of halogens is 1. The van der Waals surface area contributed by atoms with E-state index in [0.717, 1.165) is 0 Å². The number of hydrogen-bond donors (Lipinski definition) is 2. The highest BCUT2D eigenvalue weighted by atomic mass is 35.5. The van der Waals surface area contributed by atoms with E-state index >= 15 is 0 Å². The quantitative estimate of drug-likeness (QED) is 0.361. The molecule has 0 atom stereocenters. The average molecular weight is 449 g/mol. The molecule has 8 heteroatoms. The van der Waals surface area contributed by atoms with Gasteiger partial charge in [0.25, 0.3) is 5.91 Å². The van der Waals surface area contributed by atoms with Crippen molar-refractivity contribution in [2.45, 2.75) is 19.4 Å². The Morgan fingerprint density at radius 1 is 0.903 bits per heavy atom. The first-order chi connectivity index (χ1) is 14.8. The van der Waals surface area contributed by atoms with E-state index in [-0.39, 0.29) is 11.7 Å². The molecule has 31 heavy (non-hydrogen) atoms. The number of rotatable bonds is 13. The molecule has 0 aromatic heterocycles. The molecule has 0 fully saturated rings. The molecule has 0 bridgehead atoms. The molecule has 2 aromatic carbocycles. The first-order valence-corrected chi connectivity index (χ1v) is 10.4. The largest absolute Gasteiger partial charge is 0.478 e. The van der Waals surface area contributed by atoms with Gasteiger partial charge in [-0.1, -0.05) is 11.6 Å². The number of benzene rings is 2. The summed E-state index contributed by atoms with van der Waals surface area (Å²) in [4.78, 5) is 25.0. The van der Waals surface area contributed by atoms with Crippen LogP contribution in [0.1, 0.15) is 29.8 Å². The molecule has 7 nitrogen and oxygen atoms in total. The molecule has 0 saturated carbocycles. The Hall–Kier alpha value is -2.45. The molecule has 2 aromatic rings. The zero-order valence-corrected chi connectivity index (χ0v) is 18.6. The lowest BCUT2D eigenvalue weighted by Gasteiger charge is -2.25. The Morgan fingerprint density at radius 2 is 1.45 bits per heavy atom. The second-order valence-corrected chi connectivity index (χ2v) is 7.68. The van der Waals surface area contributed by atoms with Gasteiger partial charge in [0.2, 0.25) is 0 Å². The van der Waals surface area contributed by atoms with Crippen LogP contribution >= 0.6 is 11.6 Å². The molecule has 0 aliphatic carbocycles. The van der Waals surface area contributed by atoms with E-state index in [2.05, 4.69) is 5.32 Å². The maximum Gasteiger partial charge on any atom is 0.263 e. The molecule has 0 aliphatic rings. The highest BCUT2D eigenvalue weighted by molar-refractivity contribution is 6.30. The van der Waals surface area contributed by atoms with Crippen molar-refractivity contribution in [3.63, 3.8) is 0 Å². The summed E-state index contributed by atoms with van der Waals surface area (Å²) in [5.41, 5.74) is 5.30. The van der Waals surface area contributed by atoms with Crippen molar-refractivity contribution in [2.75, 3.05) is 39.5 Å². The summed E-state index contributed by atoms with van der Waals surface area (Å²) < 4.78 is 16.4. The summed E-state index contributed by atoms with van der Waals surface area (Å²) in [5, 5.41) is 3.36. The lowest BCUT2D eigenvalue weighted by Crippen LogP contribution is -2.47. The van der Waals surface area contributed by atoms with E-state index in [1.807, 2.05) is 0 Å². The van der Waals surface area contributed by atoms with Crippen LogP contribution < -0.4 is 15.8 Å². The lowest BCUT2D eigenvalue weighted by molar-refractivity contribution is -0.134. The fourth-order valence-electron chi connectivity index (χ4n) is 2.64. The van der Waals surface area contributed by atoms with Gasteiger partial charge in [-0.25, -0.2) is 0 Å². The number of ketones is 1. The third-order valence-corrected chi connectivity index (χ3v) is 4.56. The van der Waals surface area contributed by atoms with E-state index in [1.165, 1.54) is 0 Å². The minimum atomic E-state index is -1.09. The summed E-state index contributed by atoms with van der Waals surface area (Å²) in [6.45, 7) is 5.97. The molecule has 0 spiro atoms. The highest BCUT2D eigenvalue weighted by Crippen LogP contribution is 2.21. The van der Waals surface area contributed by atoms with E-state index in [9.17, 15) is 9.59 Å². The molecule has 2 rings (SSSR count). The van der Waals surface area contributed by atoms with Crippen LogP contribution in [0.5, 0.6) is 5.75 Å². The number of hydrogen-bond acceptors (Lipinski definition) is 6. The first-order valence-electron chi connectivity index (χ1n) is 10.1. The third-order valence-electron chi connectivity index (χ3n) is 4.31. The number of carbonyl (C=O) groups is 2. The smallest absolute Gasteiger partial charge is 0.263 e. The van der Waals surface area contributed by atoms with Crippen molar-refractivity contribution in [2.24, 2.45) is 5.73 Å². The van der Waals surface area contributed by atoms with Crippen LogP contribution in [0.25, 0.3) is 0 Å². The summed E-state index contributed by atoms with van der Waals surface area (Å²) in [6, 6.07) is 13.4. The zero-order valence-electron chi connectivity index (χ0n) is 17.9. The summed E-state index contributed by atoms with van der Waals surface area (Å²) in [5.74, 6) is 0.103. The number of carbonyl (C=O) groups excluding carboxylic acids is 2. The lowest BCUT2D eigenvalue weighted by atomic mass is 10.0. The zero-order chi connectivity index (χ0) is 22.7. The Balaban J connectivity index is 1.80. The average Bonchev–Trinajstić information content (AvgIpc) is 2.75. The van der Waals surface area contributed by atoms with Gasteiger partial charge in [0, 0.05) is 29.2 Å². The van der Waals surface area contributed by atoms with Crippen molar-refractivity contribution in [3.8, 4) is 5.75 Å². The standard InChI is InChI=1S/C23H29ClN2O5/c1-23(2,22(28)26-12-14-30-16-15-29-13-11-25)31-20-9-5-18(6-10-20)21(27)17-3-7-19(24)8-4-17/h3-10H,11-16,25H2,1-2H3,(H,26,28). The maximum absolute atomic E-state index is 12.5. The van der Waals surface area contributed by atoms with Crippen molar-refractivity contribution < 1.29 is 23.8 Å². The van der Waals surface area contributed by atoms with Gasteiger partial charge in [-0.05, 0) is 62.4 Å². The maximum atomic E-state index is 12.5. The third kappa shape index (κ3) is 8.30. The van der Waals surface area contributed by atoms with Gasteiger partial charge in [0.15, 0.2) is 11.4 Å². The van der Waals surface area contributed by atoms with E-state index < -0.39 is 5.60 Å². The van der Waals surface area contributed by atoms with Crippen LogP contribution in [0.3, 0.4) is 0 Å². The molecule has 168 valence electrons. The van der Waals surface area contributed by atoms with Crippen LogP contribution in [-0.2, 0) is 14.3 Å². The van der Waals surface area contributed by atoms with Crippen LogP contribution in [-0.4, -0.2) is 56.8 Å². The first kappa shape index (κ1) is 24.8. The normalized spacial score (nSPS) is 11.2. The predicted octanol–water partition coefficient (Wildman–Crippen LogP) is 2.84. The molecular weight excluding hydrogens is 420 g/mol. The molecule has 0 heterocycles. The van der Waals surface area contributed by atoms with Crippen molar-refractivity contribution in [1.29, 1.82) is 0 Å². The number of nitrogens with one attached hydrogen (secondary N) is 1. The molecule has 1 amide bonds. The minimum Gasteiger partial charge on any atom is -0.478 e. The summed E-state index contributed by atoms with van der Waals surface area (Å²) in [7, 11) is 0. The summed E-state index contributed by atoms with van der Waals surface area (Å²) in [6.07, 6.45) is 0.